The third-order valence-electron chi connectivity index (χ3n) is 3.47. The van der Waals surface area contributed by atoms with Gasteiger partial charge >= 0.3 is 0 Å². The van der Waals surface area contributed by atoms with E-state index in [9.17, 15) is 0 Å². The van der Waals surface area contributed by atoms with E-state index in [1.54, 1.807) is 0 Å². The van der Waals surface area contributed by atoms with Crippen molar-refractivity contribution in [2.75, 3.05) is 0 Å². The fraction of sp³-hybridized carbons (Fsp3) is 0.533. The first-order valence-electron chi connectivity index (χ1n) is 6.69. The summed E-state index contributed by atoms with van der Waals surface area (Å²) in [6, 6.07) is 6.19. The zero-order chi connectivity index (χ0) is 14.2. The minimum absolute atomic E-state index is 0.0166. The molecule has 0 amide bonds. The topological polar surface area (TPSA) is 17.8 Å². The van der Waals surface area contributed by atoms with Crippen LogP contribution in [0.25, 0.3) is 11.0 Å². The largest absolute Gasteiger partial charge is 0.321 e. The van der Waals surface area contributed by atoms with Gasteiger partial charge < -0.3 is 4.57 Å². The number of fused-ring (bicyclic) bond motifs is 1. The lowest BCUT2D eigenvalue weighted by Crippen LogP contribution is -2.28. The Balaban J connectivity index is 2.73. The number of imidazole rings is 1. The molecule has 0 N–H and O–H groups in total. The van der Waals surface area contributed by atoms with Crippen LogP contribution in [0.4, 0.5) is 0 Å². The predicted molar refractivity (Wildman–Crippen MR) is 85.9 cm³/mol. The molecule has 1 aromatic heterocycles. The molecule has 2 nitrogen and oxygen atoms in total. The molecule has 1 atom stereocenters. The van der Waals surface area contributed by atoms with Gasteiger partial charge in [0.25, 0.3) is 0 Å². The summed E-state index contributed by atoms with van der Waals surface area (Å²) in [5.41, 5.74) is 2.17. The lowest BCUT2D eigenvalue weighted by molar-refractivity contribution is 0.323. The van der Waals surface area contributed by atoms with Crippen LogP contribution >= 0.6 is 27.5 Å². The Bertz CT molecular complexity index is 587. The molecule has 19 heavy (non-hydrogen) atoms. The van der Waals surface area contributed by atoms with Crippen LogP contribution in [0.5, 0.6) is 0 Å². The fourth-order valence-electron chi connectivity index (χ4n) is 2.69. The van der Waals surface area contributed by atoms with Crippen LogP contribution in [0.1, 0.15) is 51.7 Å². The molecule has 1 unspecified atom stereocenters. The van der Waals surface area contributed by atoms with Gasteiger partial charge in [-0.1, -0.05) is 29.3 Å². The van der Waals surface area contributed by atoms with E-state index in [0.29, 0.717) is 0 Å². The summed E-state index contributed by atoms with van der Waals surface area (Å²) in [5, 5.41) is -0.0951. The summed E-state index contributed by atoms with van der Waals surface area (Å²) in [6.07, 6.45) is 2.23. The van der Waals surface area contributed by atoms with E-state index in [1.807, 2.05) is 19.1 Å². The third-order valence-corrected chi connectivity index (χ3v) is 4.15. The summed E-state index contributed by atoms with van der Waals surface area (Å²) >= 11 is 9.88. The highest BCUT2D eigenvalue weighted by molar-refractivity contribution is 9.10. The molecule has 2 rings (SSSR count). The lowest BCUT2D eigenvalue weighted by Gasteiger charge is -2.30. The van der Waals surface area contributed by atoms with Crippen molar-refractivity contribution in [3.8, 4) is 0 Å². The van der Waals surface area contributed by atoms with Gasteiger partial charge in [-0.2, -0.15) is 0 Å². The molecular formula is C15H20BrClN2. The molecule has 0 spiro atoms. The van der Waals surface area contributed by atoms with E-state index < -0.39 is 0 Å². The first kappa shape index (κ1) is 14.9. The molecule has 0 saturated carbocycles. The minimum atomic E-state index is -0.0951. The molecule has 1 heterocycles. The minimum Gasteiger partial charge on any atom is -0.321 e. The predicted octanol–water partition coefficient (Wildman–Crippen LogP) is 5.63. The van der Waals surface area contributed by atoms with Gasteiger partial charge in [-0.25, -0.2) is 4.98 Å². The Morgan fingerprint density at radius 2 is 2.11 bits per heavy atom. The average Bonchev–Trinajstić information content (AvgIpc) is 2.68. The van der Waals surface area contributed by atoms with Gasteiger partial charge in [0.1, 0.15) is 5.82 Å². The summed E-state index contributed by atoms with van der Waals surface area (Å²) in [6.45, 7) is 8.69. The fourth-order valence-corrected chi connectivity index (χ4v) is 3.19. The van der Waals surface area contributed by atoms with Crippen LogP contribution in [0, 0.1) is 0 Å². The van der Waals surface area contributed by atoms with Gasteiger partial charge in [0.05, 0.1) is 16.4 Å². The maximum atomic E-state index is 6.33. The highest BCUT2D eigenvalue weighted by Gasteiger charge is 2.27. The molecular weight excluding hydrogens is 324 g/mol. The van der Waals surface area contributed by atoms with Crippen LogP contribution in [-0.4, -0.2) is 9.55 Å². The Morgan fingerprint density at radius 1 is 1.42 bits per heavy atom. The van der Waals surface area contributed by atoms with Crippen molar-refractivity contribution in [2.45, 2.75) is 51.5 Å². The van der Waals surface area contributed by atoms with E-state index in [2.05, 4.69) is 47.3 Å². The highest BCUT2D eigenvalue weighted by Crippen LogP contribution is 2.34. The Kier molecular flexibility index (Phi) is 4.26. The lowest BCUT2D eigenvalue weighted by atomic mass is 9.97. The van der Waals surface area contributed by atoms with Crippen molar-refractivity contribution in [2.24, 2.45) is 0 Å². The van der Waals surface area contributed by atoms with Gasteiger partial charge in [-0.05, 0) is 45.4 Å². The first-order valence-corrected chi connectivity index (χ1v) is 7.92. The van der Waals surface area contributed by atoms with Gasteiger partial charge in [-0.3, -0.25) is 0 Å². The second-order valence-corrected chi connectivity index (χ2v) is 7.19. The van der Waals surface area contributed by atoms with Crippen molar-refractivity contribution in [3.05, 3.63) is 28.5 Å². The molecule has 0 aliphatic rings. The Labute approximate surface area is 128 Å². The van der Waals surface area contributed by atoms with E-state index in [-0.39, 0.29) is 10.9 Å². The number of alkyl halides is 1. The molecule has 4 heteroatoms. The zero-order valence-electron chi connectivity index (χ0n) is 11.9. The standard InChI is InChI=1S/C15H20BrClN2/c1-5-8-15(3,4)19-13-9-11(16)6-7-12(13)18-14(19)10(2)17/h6-7,9-10H,5,8H2,1-4H3. The Morgan fingerprint density at radius 3 is 2.68 bits per heavy atom. The molecule has 1 aromatic carbocycles. The second-order valence-electron chi connectivity index (χ2n) is 5.62. The van der Waals surface area contributed by atoms with Crippen LogP contribution in [-0.2, 0) is 5.54 Å². The summed E-state index contributed by atoms with van der Waals surface area (Å²) in [4.78, 5) is 4.71. The molecule has 0 bridgehead atoms. The van der Waals surface area contributed by atoms with Crippen molar-refractivity contribution in [3.63, 3.8) is 0 Å². The number of rotatable bonds is 4. The maximum Gasteiger partial charge on any atom is 0.128 e. The van der Waals surface area contributed by atoms with Crippen molar-refractivity contribution < 1.29 is 0 Å². The van der Waals surface area contributed by atoms with Crippen molar-refractivity contribution in [1.29, 1.82) is 0 Å². The number of hydrogen-bond acceptors (Lipinski definition) is 1. The van der Waals surface area contributed by atoms with Gasteiger partial charge in [0.15, 0.2) is 0 Å². The highest BCUT2D eigenvalue weighted by atomic mass is 79.9. The summed E-state index contributed by atoms with van der Waals surface area (Å²) < 4.78 is 3.37. The van der Waals surface area contributed by atoms with Crippen molar-refractivity contribution >= 4 is 38.6 Å². The molecule has 0 aliphatic carbocycles. The van der Waals surface area contributed by atoms with E-state index in [4.69, 9.17) is 16.6 Å². The number of benzene rings is 1. The second kappa shape index (κ2) is 5.45. The van der Waals surface area contributed by atoms with Crippen molar-refractivity contribution in [1.82, 2.24) is 9.55 Å². The van der Waals surface area contributed by atoms with Crippen LogP contribution < -0.4 is 0 Å². The number of nitrogens with zero attached hydrogens (tertiary/aromatic N) is 2. The van der Waals surface area contributed by atoms with Gasteiger partial charge in [0.2, 0.25) is 0 Å². The molecule has 0 fully saturated rings. The number of halogens is 2. The normalized spacial score (nSPS) is 14.0. The Hall–Kier alpha value is -0.540. The summed E-state index contributed by atoms with van der Waals surface area (Å²) in [7, 11) is 0. The zero-order valence-corrected chi connectivity index (χ0v) is 14.2. The smallest absolute Gasteiger partial charge is 0.128 e. The van der Waals surface area contributed by atoms with Crippen LogP contribution in [0.15, 0.2) is 22.7 Å². The first-order chi connectivity index (χ1) is 8.86. The van der Waals surface area contributed by atoms with E-state index in [1.165, 1.54) is 0 Å². The van der Waals surface area contributed by atoms with Crippen LogP contribution in [0.3, 0.4) is 0 Å². The molecule has 0 saturated heterocycles. The van der Waals surface area contributed by atoms with Gasteiger partial charge in [0, 0.05) is 10.0 Å². The molecule has 104 valence electrons. The van der Waals surface area contributed by atoms with Crippen LogP contribution in [0.2, 0.25) is 0 Å². The van der Waals surface area contributed by atoms with Gasteiger partial charge in [-0.15, -0.1) is 11.6 Å². The molecule has 2 aromatic rings. The average molecular weight is 344 g/mol. The monoisotopic (exact) mass is 342 g/mol. The SMILES string of the molecule is CCCC(C)(C)n1c(C(C)Cl)nc2ccc(Br)cc21. The quantitative estimate of drug-likeness (QED) is 0.657. The molecule has 0 radical (unpaired) electrons. The maximum absolute atomic E-state index is 6.33. The number of aromatic nitrogens is 2. The summed E-state index contributed by atoms with van der Waals surface area (Å²) in [5.74, 6) is 0.952. The number of hydrogen-bond donors (Lipinski definition) is 0. The van der Waals surface area contributed by atoms with E-state index in [0.717, 1.165) is 34.2 Å². The van der Waals surface area contributed by atoms with E-state index >= 15 is 0 Å². The molecule has 0 aliphatic heterocycles. The third kappa shape index (κ3) is 2.82.